The van der Waals surface area contributed by atoms with Crippen LogP contribution in [0.15, 0.2) is 34.2 Å². The standard InChI is InChI=1S/C17H17Cl2N3O2S/c1-2-4-10-7-15(24)22-11(9-25-17(22)20-10)8-14(23)21-13-6-3-5-12(18)16(13)19/h3,5-7,11H,2,4,8-9H2,1H3,(H,21,23). The Morgan fingerprint density at radius 3 is 3.00 bits per heavy atom. The van der Waals surface area contributed by atoms with Gasteiger partial charge in [0, 0.05) is 23.9 Å². The highest BCUT2D eigenvalue weighted by molar-refractivity contribution is 7.99. The molecule has 1 N–H and O–H groups in total. The molecular formula is C17H17Cl2N3O2S. The summed E-state index contributed by atoms with van der Waals surface area (Å²) in [4.78, 5) is 29.3. The van der Waals surface area contributed by atoms with Gasteiger partial charge in [0.15, 0.2) is 5.16 Å². The van der Waals surface area contributed by atoms with Gasteiger partial charge in [-0.15, -0.1) is 0 Å². The first-order valence-electron chi connectivity index (χ1n) is 7.98. The average molecular weight is 398 g/mol. The molecular weight excluding hydrogens is 381 g/mol. The van der Waals surface area contributed by atoms with Gasteiger partial charge in [-0.05, 0) is 18.6 Å². The Balaban J connectivity index is 1.74. The van der Waals surface area contributed by atoms with E-state index in [0.29, 0.717) is 26.6 Å². The fourth-order valence-corrected chi connectivity index (χ4v) is 4.26. The van der Waals surface area contributed by atoms with Crippen molar-refractivity contribution < 1.29 is 4.79 Å². The van der Waals surface area contributed by atoms with E-state index in [9.17, 15) is 9.59 Å². The molecule has 0 saturated heterocycles. The lowest BCUT2D eigenvalue weighted by molar-refractivity contribution is -0.116. The van der Waals surface area contributed by atoms with Gasteiger partial charge in [-0.3, -0.25) is 14.2 Å². The lowest BCUT2D eigenvalue weighted by Gasteiger charge is -2.14. The fraction of sp³-hybridized carbons (Fsp3) is 0.353. The molecule has 0 spiro atoms. The van der Waals surface area contributed by atoms with Crippen LogP contribution in [0.3, 0.4) is 0 Å². The molecule has 0 saturated carbocycles. The third kappa shape index (κ3) is 4.02. The second kappa shape index (κ2) is 7.81. The number of benzene rings is 1. The maximum Gasteiger partial charge on any atom is 0.254 e. The summed E-state index contributed by atoms with van der Waals surface area (Å²) in [6.07, 6.45) is 1.90. The third-order valence-corrected chi connectivity index (χ3v) is 5.81. The van der Waals surface area contributed by atoms with E-state index in [1.54, 1.807) is 28.8 Å². The number of aromatic nitrogens is 2. The summed E-state index contributed by atoms with van der Waals surface area (Å²) in [5, 5.41) is 4.14. The minimum atomic E-state index is -0.216. The molecule has 2 heterocycles. The number of nitrogens with one attached hydrogen (secondary N) is 1. The highest BCUT2D eigenvalue weighted by Crippen LogP contribution is 2.33. The summed E-state index contributed by atoms with van der Waals surface area (Å²) < 4.78 is 1.61. The number of rotatable bonds is 5. The molecule has 2 aromatic rings. The lowest BCUT2D eigenvalue weighted by atomic mass is 10.2. The van der Waals surface area contributed by atoms with E-state index in [2.05, 4.69) is 10.3 Å². The van der Waals surface area contributed by atoms with Crippen LogP contribution in [0.4, 0.5) is 5.69 Å². The van der Waals surface area contributed by atoms with Gasteiger partial charge in [-0.25, -0.2) is 4.98 Å². The van der Waals surface area contributed by atoms with Gasteiger partial charge in [-0.1, -0.05) is 54.4 Å². The van der Waals surface area contributed by atoms with Crippen LogP contribution in [0, 0.1) is 0 Å². The second-order valence-electron chi connectivity index (χ2n) is 5.81. The number of amides is 1. The zero-order valence-electron chi connectivity index (χ0n) is 13.6. The molecule has 0 aliphatic carbocycles. The van der Waals surface area contributed by atoms with Crippen LogP contribution in [0.25, 0.3) is 0 Å². The SMILES string of the molecule is CCCc1cc(=O)n2c(n1)SCC2CC(=O)Nc1cccc(Cl)c1Cl. The number of thioether (sulfide) groups is 1. The monoisotopic (exact) mass is 397 g/mol. The van der Waals surface area contributed by atoms with Gasteiger partial charge in [0.25, 0.3) is 5.56 Å². The van der Waals surface area contributed by atoms with Crippen molar-refractivity contribution in [2.24, 2.45) is 0 Å². The molecule has 25 heavy (non-hydrogen) atoms. The van der Waals surface area contributed by atoms with E-state index >= 15 is 0 Å². The molecule has 1 aliphatic heterocycles. The van der Waals surface area contributed by atoms with E-state index in [0.717, 1.165) is 18.5 Å². The van der Waals surface area contributed by atoms with Crippen molar-refractivity contribution in [3.63, 3.8) is 0 Å². The summed E-state index contributed by atoms with van der Waals surface area (Å²) in [5.74, 6) is 0.432. The van der Waals surface area contributed by atoms with Crippen LogP contribution in [0.1, 0.15) is 31.5 Å². The van der Waals surface area contributed by atoms with Gasteiger partial charge in [-0.2, -0.15) is 0 Å². The molecule has 1 unspecified atom stereocenters. The highest BCUT2D eigenvalue weighted by Gasteiger charge is 2.27. The zero-order chi connectivity index (χ0) is 18.0. The Labute approximate surface area is 159 Å². The molecule has 0 bridgehead atoms. The van der Waals surface area contributed by atoms with E-state index in [4.69, 9.17) is 23.2 Å². The van der Waals surface area contributed by atoms with Crippen LogP contribution < -0.4 is 10.9 Å². The molecule has 1 aromatic carbocycles. The van der Waals surface area contributed by atoms with Crippen LogP contribution in [0.5, 0.6) is 0 Å². The van der Waals surface area contributed by atoms with Crippen molar-refractivity contribution in [3.05, 3.63) is 50.4 Å². The molecule has 1 amide bonds. The van der Waals surface area contributed by atoms with Crippen LogP contribution in [-0.2, 0) is 11.2 Å². The van der Waals surface area contributed by atoms with Gasteiger partial charge in [0.1, 0.15) is 0 Å². The van der Waals surface area contributed by atoms with E-state index in [1.807, 2.05) is 6.92 Å². The number of halogens is 2. The largest absolute Gasteiger partial charge is 0.325 e. The summed E-state index contributed by atoms with van der Waals surface area (Å²) in [6, 6.07) is 6.41. The van der Waals surface area contributed by atoms with Crippen molar-refractivity contribution in [2.45, 2.75) is 37.4 Å². The Bertz CT molecular complexity index is 869. The molecule has 1 aromatic heterocycles. The van der Waals surface area contributed by atoms with Crippen LogP contribution in [0.2, 0.25) is 10.0 Å². The first-order valence-corrected chi connectivity index (χ1v) is 9.73. The third-order valence-electron chi connectivity index (χ3n) is 3.90. The Morgan fingerprint density at radius 2 is 2.24 bits per heavy atom. The van der Waals surface area contributed by atoms with Crippen molar-refractivity contribution in [1.29, 1.82) is 0 Å². The number of hydrogen-bond acceptors (Lipinski definition) is 4. The minimum Gasteiger partial charge on any atom is -0.325 e. The number of hydrogen-bond donors (Lipinski definition) is 1. The molecule has 0 radical (unpaired) electrons. The molecule has 1 aliphatic rings. The Morgan fingerprint density at radius 1 is 1.44 bits per heavy atom. The van der Waals surface area contributed by atoms with Gasteiger partial charge >= 0.3 is 0 Å². The van der Waals surface area contributed by atoms with Crippen molar-refractivity contribution in [1.82, 2.24) is 9.55 Å². The lowest BCUT2D eigenvalue weighted by Crippen LogP contribution is -2.27. The Kier molecular flexibility index (Phi) is 5.71. The maximum atomic E-state index is 12.4. The molecule has 1 atom stereocenters. The average Bonchev–Trinajstić information content (AvgIpc) is 2.95. The van der Waals surface area contributed by atoms with Gasteiger partial charge < -0.3 is 5.32 Å². The summed E-state index contributed by atoms with van der Waals surface area (Å²) >= 11 is 13.6. The predicted octanol–water partition coefficient (Wildman–Crippen LogP) is 4.18. The first kappa shape index (κ1) is 18.3. The topological polar surface area (TPSA) is 64.0 Å². The van der Waals surface area contributed by atoms with Crippen LogP contribution >= 0.6 is 35.0 Å². The fourth-order valence-electron chi connectivity index (χ4n) is 2.75. The van der Waals surface area contributed by atoms with Crippen molar-refractivity contribution in [3.8, 4) is 0 Å². The van der Waals surface area contributed by atoms with Gasteiger partial charge in [0.05, 0.1) is 21.8 Å². The van der Waals surface area contributed by atoms with E-state index < -0.39 is 0 Å². The van der Waals surface area contributed by atoms with E-state index in [-0.39, 0.29) is 23.9 Å². The highest BCUT2D eigenvalue weighted by atomic mass is 35.5. The van der Waals surface area contributed by atoms with Crippen LogP contribution in [-0.4, -0.2) is 21.2 Å². The van der Waals surface area contributed by atoms with Crippen molar-refractivity contribution in [2.75, 3.05) is 11.1 Å². The summed E-state index contributed by atoms with van der Waals surface area (Å²) in [5.41, 5.74) is 1.17. The predicted molar refractivity (Wildman–Crippen MR) is 102 cm³/mol. The minimum absolute atomic E-state index is 0.1000. The number of fused-ring (bicyclic) bond motifs is 1. The normalized spacial score (nSPS) is 15.9. The first-order chi connectivity index (χ1) is 12.0. The maximum absolute atomic E-state index is 12.4. The molecule has 5 nitrogen and oxygen atoms in total. The number of nitrogens with zero attached hydrogens (tertiary/aromatic N) is 2. The summed E-state index contributed by atoms with van der Waals surface area (Å²) in [7, 11) is 0. The second-order valence-corrected chi connectivity index (χ2v) is 7.58. The number of anilines is 1. The zero-order valence-corrected chi connectivity index (χ0v) is 15.9. The Hall–Kier alpha value is -1.50. The quantitative estimate of drug-likeness (QED) is 0.768. The van der Waals surface area contributed by atoms with Crippen molar-refractivity contribution >= 4 is 46.6 Å². The van der Waals surface area contributed by atoms with Gasteiger partial charge in [0.2, 0.25) is 5.91 Å². The molecule has 132 valence electrons. The number of carbonyl (C=O) groups excluding carboxylic acids is 1. The molecule has 8 heteroatoms. The number of carbonyl (C=O) groups is 1. The molecule has 0 fully saturated rings. The number of aryl methyl sites for hydroxylation is 1. The summed E-state index contributed by atoms with van der Waals surface area (Å²) in [6.45, 7) is 2.05. The molecule has 3 rings (SSSR count). The smallest absolute Gasteiger partial charge is 0.254 e. The van der Waals surface area contributed by atoms with E-state index in [1.165, 1.54) is 11.8 Å².